The highest BCUT2D eigenvalue weighted by atomic mass is 16.5. The highest BCUT2D eigenvalue weighted by Gasteiger charge is 2.27. The van der Waals surface area contributed by atoms with E-state index in [-0.39, 0.29) is 18.1 Å². The number of hydrogen-bond acceptors (Lipinski definition) is 6. The predicted octanol–water partition coefficient (Wildman–Crippen LogP) is 0.554. The van der Waals surface area contributed by atoms with Crippen molar-refractivity contribution < 1.29 is 14.3 Å². The number of rotatable bonds is 7. The first kappa shape index (κ1) is 16.5. The summed E-state index contributed by atoms with van der Waals surface area (Å²) >= 11 is 0. The van der Waals surface area contributed by atoms with Crippen LogP contribution in [-0.4, -0.2) is 51.5 Å². The first-order valence-electron chi connectivity index (χ1n) is 8.04. The van der Waals surface area contributed by atoms with E-state index in [0.29, 0.717) is 32.8 Å². The molecule has 3 rings (SSSR count). The van der Waals surface area contributed by atoms with Gasteiger partial charge in [-0.2, -0.15) is 0 Å². The maximum absolute atomic E-state index is 12.1. The van der Waals surface area contributed by atoms with Crippen molar-refractivity contribution in [2.45, 2.75) is 38.1 Å². The molecular formula is C16H21N5O3. The van der Waals surface area contributed by atoms with Crippen LogP contribution in [0.1, 0.15) is 18.4 Å². The molecule has 24 heavy (non-hydrogen) atoms. The zero-order valence-corrected chi connectivity index (χ0v) is 13.4. The molecule has 8 heteroatoms. The predicted molar refractivity (Wildman–Crippen MR) is 84.8 cm³/mol. The topological polar surface area (TPSA) is 91.2 Å². The van der Waals surface area contributed by atoms with Gasteiger partial charge >= 0.3 is 0 Å². The number of ether oxygens (including phenoxy) is 2. The third-order valence-corrected chi connectivity index (χ3v) is 3.91. The van der Waals surface area contributed by atoms with E-state index in [0.717, 1.165) is 12.0 Å². The first-order chi connectivity index (χ1) is 11.8. The molecule has 1 aliphatic rings. The quantitative estimate of drug-likeness (QED) is 0.797. The van der Waals surface area contributed by atoms with E-state index in [2.05, 4.69) is 20.8 Å². The second-order valence-electron chi connectivity index (χ2n) is 5.70. The van der Waals surface area contributed by atoms with Crippen LogP contribution < -0.4 is 5.32 Å². The summed E-state index contributed by atoms with van der Waals surface area (Å²) < 4.78 is 13.0. The Kier molecular flexibility index (Phi) is 5.86. The second-order valence-corrected chi connectivity index (χ2v) is 5.70. The Morgan fingerprint density at radius 2 is 2.25 bits per heavy atom. The summed E-state index contributed by atoms with van der Waals surface area (Å²) in [7, 11) is 0. The summed E-state index contributed by atoms with van der Waals surface area (Å²) in [5, 5.41) is 13.8. The smallest absolute Gasteiger partial charge is 0.222 e. The average molecular weight is 331 g/mol. The number of carbonyl (C=O) groups is 1. The molecule has 0 spiro atoms. The van der Waals surface area contributed by atoms with E-state index >= 15 is 0 Å². The minimum absolute atomic E-state index is 0.0454. The molecule has 2 atom stereocenters. The van der Waals surface area contributed by atoms with Crippen LogP contribution in [0.5, 0.6) is 0 Å². The third-order valence-electron chi connectivity index (χ3n) is 3.91. The van der Waals surface area contributed by atoms with Gasteiger partial charge < -0.3 is 14.8 Å². The van der Waals surface area contributed by atoms with Crippen LogP contribution in [0.3, 0.4) is 0 Å². The van der Waals surface area contributed by atoms with E-state index in [4.69, 9.17) is 9.47 Å². The first-order valence-corrected chi connectivity index (χ1v) is 8.04. The maximum Gasteiger partial charge on any atom is 0.222 e. The van der Waals surface area contributed by atoms with Crippen LogP contribution in [0.2, 0.25) is 0 Å². The number of hydrogen-bond donors (Lipinski definition) is 1. The van der Waals surface area contributed by atoms with Gasteiger partial charge in [0.1, 0.15) is 6.33 Å². The molecule has 1 saturated heterocycles. The summed E-state index contributed by atoms with van der Waals surface area (Å²) in [4.78, 5) is 12.1. The lowest BCUT2D eigenvalue weighted by Gasteiger charge is -2.32. The number of aromatic nitrogens is 4. The molecule has 8 nitrogen and oxygen atoms in total. The molecule has 0 unspecified atom stereocenters. The number of nitrogens with one attached hydrogen (secondary N) is 1. The van der Waals surface area contributed by atoms with E-state index in [1.807, 2.05) is 30.3 Å². The zero-order valence-electron chi connectivity index (χ0n) is 13.4. The molecule has 1 aliphatic heterocycles. The number of benzene rings is 1. The van der Waals surface area contributed by atoms with Gasteiger partial charge in [-0.05, 0) is 22.4 Å². The molecule has 0 radical (unpaired) electrons. The summed E-state index contributed by atoms with van der Waals surface area (Å²) in [6.07, 6.45) is 2.52. The number of nitrogens with zero attached hydrogens (tertiary/aromatic N) is 4. The molecule has 0 aliphatic carbocycles. The Hall–Kier alpha value is -2.32. The van der Waals surface area contributed by atoms with Crippen molar-refractivity contribution in [2.24, 2.45) is 0 Å². The van der Waals surface area contributed by atoms with Crippen molar-refractivity contribution >= 4 is 5.91 Å². The standard InChI is InChI=1S/C16H21N5O3/c22-16(6-8-21-12-17-19-20-21)18-14-11-23-9-7-15(14)24-10-13-4-2-1-3-5-13/h1-5,12,14-15H,6-11H2,(H,18,22)/t14-,15+/m1/s1. The Morgan fingerprint density at radius 1 is 1.38 bits per heavy atom. The third kappa shape index (κ3) is 4.84. The van der Waals surface area contributed by atoms with Gasteiger partial charge in [-0.25, -0.2) is 4.68 Å². The molecule has 128 valence electrons. The molecule has 1 fully saturated rings. The van der Waals surface area contributed by atoms with Crippen LogP contribution in [0.4, 0.5) is 0 Å². The van der Waals surface area contributed by atoms with Crippen molar-refractivity contribution in [3.05, 3.63) is 42.2 Å². The van der Waals surface area contributed by atoms with Crippen LogP contribution >= 0.6 is 0 Å². The molecular weight excluding hydrogens is 310 g/mol. The lowest BCUT2D eigenvalue weighted by atomic mass is 10.1. The monoisotopic (exact) mass is 331 g/mol. The maximum atomic E-state index is 12.1. The SMILES string of the molecule is O=C(CCn1cnnn1)N[C@@H]1COCC[C@@H]1OCc1ccccc1. The van der Waals surface area contributed by atoms with E-state index in [9.17, 15) is 4.79 Å². The van der Waals surface area contributed by atoms with Gasteiger partial charge in [-0.3, -0.25) is 4.79 Å². The molecule has 1 N–H and O–H groups in total. The second kappa shape index (κ2) is 8.51. The minimum Gasteiger partial charge on any atom is -0.379 e. The Labute approximate surface area is 140 Å². The van der Waals surface area contributed by atoms with Crippen molar-refractivity contribution in [2.75, 3.05) is 13.2 Å². The summed E-state index contributed by atoms with van der Waals surface area (Å²) in [5.74, 6) is -0.0608. The van der Waals surface area contributed by atoms with Gasteiger partial charge in [0.25, 0.3) is 0 Å². The fraction of sp³-hybridized carbons (Fsp3) is 0.500. The number of amides is 1. The Balaban J connectivity index is 1.47. The largest absolute Gasteiger partial charge is 0.379 e. The van der Waals surface area contributed by atoms with Crippen LogP contribution in [0.25, 0.3) is 0 Å². The lowest BCUT2D eigenvalue weighted by Crippen LogP contribution is -2.50. The average Bonchev–Trinajstić information content (AvgIpc) is 3.14. The fourth-order valence-electron chi connectivity index (χ4n) is 2.61. The van der Waals surface area contributed by atoms with Crippen molar-refractivity contribution in [3.63, 3.8) is 0 Å². The number of tetrazole rings is 1. The van der Waals surface area contributed by atoms with Crippen molar-refractivity contribution in [1.29, 1.82) is 0 Å². The highest BCUT2D eigenvalue weighted by molar-refractivity contribution is 5.76. The lowest BCUT2D eigenvalue weighted by molar-refractivity contribution is -0.126. The van der Waals surface area contributed by atoms with Gasteiger partial charge in [0, 0.05) is 13.0 Å². The van der Waals surface area contributed by atoms with Crippen LogP contribution in [0.15, 0.2) is 36.7 Å². The van der Waals surface area contributed by atoms with Crippen LogP contribution in [0, 0.1) is 0 Å². The Bertz CT molecular complexity index is 620. The number of carbonyl (C=O) groups excluding carboxylic acids is 1. The summed E-state index contributed by atoms with van der Waals surface area (Å²) in [6, 6.07) is 9.87. The van der Waals surface area contributed by atoms with Crippen molar-refractivity contribution in [1.82, 2.24) is 25.5 Å². The molecule has 2 heterocycles. The molecule has 1 aromatic carbocycles. The van der Waals surface area contributed by atoms with Gasteiger partial charge in [0.15, 0.2) is 0 Å². The van der Waals surface area contributed by atoms with E-state index in [1.165, 1.54) is 11.0 Å². The van der Waals surface area contributed by atoms with Crippen LogP contribution in [-0.2, 0) is 27.4 Å². The van der Waals surface area contributed by atoms with E-state index < -0.39 is 0 Å². The molecule has 1 amide bonds. The molecule has 0 bridgehead atoms. The normalized spacial score (nSPS) is 20.7. The summed E-state index contributed by atoms with van der Waals surface area (Å²) in [5.41, 5.74) is 1.12. The highest BCUT2D eigenvalue weighted by Crippen LogP contribution is 2.14. The van der Waals surface area contributed by atoms with Gasteiger partial charge in [0.05, 0.1) is 31.9 Å². The van der Waals surface area contributed by atoms with Gasteiger partial charge in [-0.1, -0.05) is 30.3 Å². The molecule has 0 saturated carbocycles. The number of aryl methyl sites for hydroxylation is 1. The van der Waals surface area contributed by atoms with Crippen molar-refractivity contribution in [3.8, 4) is 0 Å². The molecule has 1 aromatic heterocycles. The molecule has 2 aromatic rings. The Morgan fingerprint density at radius 3 is 3.04 bits per heavy atom. The van der Waals surface area contributed by atoms with E-state index in [1.54, 1.807) is 0 Å². The van der Waals surface area contributed by atoms with Gasteiger partial charge in [-0.15, -0.1) is 5.10 Å². The zero-order chi connectivity index (χ0) is 16.6. The summed E-state index contributed by atoms with van der Waals surface area (Å²) in [6.45, 7) is 2.09. The van der Waals surface area contributed by atoms with Gasteiger partial charge in [0.2, 0.25) is 5.91 Å². The fourth-order valence-corrected chi connectivity index (χ4v) is 2.61. The minimum atomic E-state index is -0.135.